The quantitative estimate of drug-likeness (QED) is 0.442. The lowest BCUT2D eigenvalue weighted by atomic mass is 10.0. The van der Waals surface area contributed by atoms with Crippen LogP contribution in [0.4, 0.5) is 37.7 Å². The first-order valence-electron chi connectivity index (χ1n) is 13.2. The van der Waals surface area contributed by atoms with E-state index in [-0.39, 0.29) is 11.9 Å². The average molecular weight is 568 g/mol. The van der Waals surface area contributed by atoms with Gasteiger partial charge in [-0.1, -0.05) is 0 Å². The summed E-state index contributed by atoms with van der Waals surface area (Å²) < 4.78 is 78.0. The normalized spacial score (nSPS) is 17.5. The van der Waals surface area contributed by atoms with E-state index in [9.17, 15) is 31.1 Å². The van der Waals surface area contributed by atoms with Crippen LogP contribution in [0.1, 0.15) is 42.4 Å². The van der Waals surface area contributed by atoms with Gasteiger partial charge in [0, 0.05) is 63.1 Å². The molecule has 2 aromatic rings. The summed E-state index contributed by atoms with van der Waals surface area (Å²) in [7, 11) is 0. The molecule has 0 aliphatic carbocycles. The van der Waals surface area contributed by atoms with Crippen molar-refractivity contribution in [3.05, 3.63) is 59.2 Å². The minimum atomic E-state index is -4.61. The SMILES string of the molecule is N#Cc1ccc(NC2CCN(C(=O)CCCN3CCN(c4ccc(C(F)(F)F)cc4)CC3)CC2)cc1C(F)(F)F. The number of nitriles is 1. The summed E-state index contributed by atoms with van der Waals surface area (Å²) in [6.45, 7) is 4.71. The Bertz CT molecular complexity index is 1190. The molecule has 2 aliphatic rings. The van der Waals surface area contributed by atoms with Crippen LogP contribution in [0.15, 0.2) is 42.5 Å². The molecule has 0 aromatic heterocycles. The molecule has 0 radical (unpaired) electrons. The van der Waals surface area contributed by atoms with Gasteiger partial charge in [0.25, 0.3) is 0 Å². The highest BCUT2D eigenvalue weighted by atomic mass is 19.4. The third kappa shape index (κ3) is 7.59. The first-order chi connectivity index (χ1) is 18.9. The van der Waals surface area contributed by atoms with Crippen LogP contribution < -0.4 is 10.2 Å². The van der Waals surface area contributed by atoms with Crippen molar-refractivity contribution in [2.75, 3.05) is 56.0 Å². The van der Waals surface area contributed by atoms with Gasteiger partial charge in [0.05, 0.1) is 22.8 Å². The largest absolute Gasteiger partial charge is 0.417 e. The summed E-state index contributed by atoms with van der Waals surface area (Å²) in [5.41, 5.74) is -0.978. The molecule has 216 valence electrons. The number of benzene rings is 2. The molecule has 0 bridgehead atoms. The number of piperidine rings is 1. The molecular formula is C28H31F6N5O. The van der Waals surface area contributed by atoms with E-state index in [4.69, 9.17) is 5.26 Å². The molecule has 2 aromatic carbocycles. The van der Waals surface area contributed by atoms with E-state index in [1.165, 1.54) is 24.3 Å². The van der Waals surface area contributed by atoms with E-state index in [0.29, 0.717) is 57.5 Å². The number of likely N-dealkylation sites (tertiary alicyclic amines) is 1. The van der Waals surface area contributed by atoms with Crippen LogP contribution in [0.5, 0.6) is 0 Å². The fourth-order valence-electron chi connectivity index (χ4n) is 5.18. The Morgan fingerprint density at radius 3 is 2.12 bits per heavy atom. The molecule has 40 heavy (non-hydrogen) atoms. The van der Waals surface area contributed by atoms with Gasteiger partial charge >= 0.3 is 12.4 Å². The smallest absolute Gasteiger partial charge is 0.382 e. The summed E-state index contributed by atoms with van der Waals surface area (Å²) in [4.78, 5) is 18.8. The van der Waals surface area contributed by atoms with E-state index in [1.807, 2.05) is 0 Å². The Kier molecular flexibility index (Phi) is 9.13. The van der Waals surface area contributed by atoms with Crippen LogP contribution in [0.3, 0.4) is 0 Å². The molecule has 0 spiro atoms. The molecule has 0 unspecified atom stereocenters. The van der Waals surface area contributed by atoms with Crippen molar-refractivity contribution in [1.82, 2.24) is 9.80 Å². The number of rotatable bonds is 7. The summed E-state index contributed by atoms with van der Waals surface area (Å²) in [5, 5.41) is 12.1. The van der Waals surface area contributed by atoms with Gasteiger partial charge in [-0.3, -0.25) is 9.69 Å². The number of amides is 1. The third-order valence-electron chi connectivity index (χ3n) is 7.46. The number of carbonyl (C=O) groups excluding carboxylic acids is 1. The third-order valence-corrected chi connectivity index (χ3v) is 7.46. The molecule has 1 N–H and O–H groups in total. The Hall–Kier alpha value is -3.46. The zero-order chi connectivity index (χ0) is 28.9. The fourth-order valence-corrected chi connectivity index (χ4v) is 5.18. The van der Waals surface area contributed by atoms with E-state index in [0.717, 1.165) is 43.5 Å². The Labute approximate surface area is 229 Å². The second kappa shape index (κ2) is 12.4. The number of halogens is 6. The number of carbonyl (C=O) groups is 1. The van der Waals surface area contributed by atoms with Crippen molar-refractivity contribution >= 4 is 17.3 Å². The van der Waals surface area contributed by atoms with Gasteiger partial charge in [0.1, 0.15) is 0 Å². The molecule has 2 fully saturated rings. The zero-order valence-corrected chi connectivity index (χ0v) is 21.9. The number of nitrogens with one attached hydrogen (secondary N) is 1. The lowest BCUT2D eigenvalue weighted by Gasteiger charge is -2.36. The van der Waals surface area contributed by atoms with E-state index in [2.05, 4.69) is 15.1 Å². The molecule has 2 saturated heterocycles. The van der Waals surface area contributed by atoms with Gasteiger partial charge < -0.3 is 15.1 Å². The minimum Gasteiger partial charge on any atom is -0.382 e. The van der Waals surface area contributed by atoms with Gasteiger partial charge in [0.15, 0.2) is 0 Å². The Morgan fingerprint density at radius 2 is 1.55 bits per heavy atom. The van der Waals surface area contributed by atoms with E-state index >= 15 is 0 Å². The van der Waals surface area contributed by atoms with E-state index in [1.54, 1.807) is 11.0 Å². The van der Waals surface area contributed by atoms with Crippen LogP contribution in [-0.4, -0.2) is 67.6 Å². The first kappa shape index (κ1) is 29.5. The number of nitrogens with zero attached hydrogens (tertiary/aromatic N) is 4. The monoisotopic (exact) mass is 567 g/mol. The molecule has 4 rings (SSSR count). The molecule has 12 heteroatoms. The minimum absolute atomic E-state index is 0.0552. The van der Waals surface area contributed by atoms with Crippen LogP contribution in [0, 0.1) is 11.3 Å². The van der Waals surface area contributed by atoms with Gasteiger partial charge in [0.2, 0.25) is 5.91 Å². The van der Waals surface area contributed by atoms with Crippen LogP contribution in [0.25, 0.3) is 0 Å². The number of piperazine rings is 1. The fraction of sp³-hybridized carbons (Fsp3) is 0.500. The second-order valence-corrected chi connectivity index (χ2v) is 10.1. The zero-order valence-electron chi connectivity index (χ0n) is 21.9. The van der Waals surface area contributed by atoms with Gasteiger partial charge in [-0.05, 0) is 68.3 Å². The molecule has 2 aliphatic heterocycles. The van der Waals surface area contributed by atoms with Crippen molar-refractivity contribution in [2.45, 2.75) is 44.1 Å². The van der Waals surface area contributed by atoms with Gasteiger partial charge in [-0.2, -0.15) is 31.6 Å². The number of anilines is 2. The lowest BCUT2D eigenvalue weighted by molar-refractivity contribution is -0.138. The molecule has 1 amide bonds. The maximum Gasteiger partial charge on any atom is 0.417 e. The predicted molar refractivity (Wildman–Crippen MR) is 139 cm³/mol. The maximum absolute atomic E-state index is 13.2. The lowest BCUT2D eigenvalue weighted by Crippen LogP contribution is -2.47. The van der Waals surface area contributed by atoms with Crippen molar-refractivity contribution in [3.8, 4) is 6.07 Å². The number of alkyl halides is 6. The molecule has 6 nitrogen and oxygen atoms in total. The Balaban J connectivity index is 1.15. The van der Waals surface area contributed by atoms with Crippen molar-refractivity contribution in [3.63, 3.8) is 0 Å². The highest BCUT2D eigenvalue weighted by molar-refractivity contribution is 5.76. The van der Waals surface area contributed by atoms with Crippen molar-refractivity contribution in [2.24, 2.45) is 0 Å². The second-order valence-electron chi connectivity index (χ2n) is 10.1. The van der Waals surface area contributed by atoms with Crippen LogP contribution in [-0.2, 0) is 17.1 Å². The summed E-state index contributed by atoms with van der Waals surface area (Å²) in [6, 6.07) is 10.3. The standard InChI is InChI=1S/C28H31F6N5O/c29-27(30,31)21-4-7-24(8-5-21)38-16-14-37(15-17-38)11-1-2-26(40)39-12-9-22(10-13-39)36-23-6-3-20(19-35)25(18-23)28(32,33)34/h3-8,18,22,36H,1-2,9-17H2. The molecular weight excluding hydrogens is 536 g/mol. The maximum atomic E-state index is 13.2. The van der Waals surface area contributed by atoms with Gasteiger partial charge in [-0.15, -0.1) is 0 Å². The molecule has 0 saturated carbocycles. The topological polar surface area (TPSA) is 62.6 Å². The summed E-state index contributed by atoms with van der Waals surface area (Å²) in [5.74, 6) is 0.0552. The summed E-state index contributed by atoms with van der Waals surface area (Å²) >= 11 is 0. The average Bonchev–Trinajstić information content (AvgIpc) is 2.93. The summed E-state index contributed by atoms with van der Waals surface area (Å²) in [6.07, 6.45) is -6.64. The highest BCUT2D eigenvalue weighted by Gasteiger charge is 2.34. The number of hydrogen-bond acceptors (Lipinski definition) is 5. The van der Waals surface area contributed by atoms with E-state index < -0.39 is 29.0 Å². The van der Waals surface area contributed by atoms with Crippen LogP contribution in [0.2, 0.25) is 0 Å². The first-order valence-corrected chi connectivity index (χ1v) is 13.2. The van der Waals surface area contributed by atoms with Crippen LogP contribution >= 0.6 is 0 Å². The number of hydrogen-bond donors (Lipinski definition) is 1. The molecule has 2 heterocycles. The Morgan fingerprint density at radius 1 is 0.900 bits per heavy atom. The highest BCUT2D eigenvalue weighted by Crippen LogP contribution is 2.34. The van der Waals surface area contributed by atoms with Crippen molar-refractivity contribution < 1.29 is 31.1 Å². The van der Waals surface area contributed by atoms with Crippen molar-refractivity contribution in [1.29, 1.82) is 5.26 Å². The molecule has 0 atom stereocenters. The van der Waals surface area contributed by atoms with Gasteiger partial charge in [-0.25, -0.2) is 0 Å². The predicted octanol–water partition coefficient (Wildman–Crippen LogP) is 5.60.